The Bertz CT molecular complexity index is 1100. The minimum atomic E-state index is -3.59. The molecular weight excluding hydrogens is 372 g/mol. The highest BCUT2D eigenvalue weighted by molar-refractivity contribution is 7.92. The monoisotopic (exact) mass is 396 g/mol. The van der Waals surface area contributed by atoms with E-state index in [1.807, 2.05) is 62.4 Å². The maximum Gasteiger partial charge on any atom is 0.241 e. The van der Waals surface area contributed by atoms with Crippen LogP contribution in [0.15, 0.2) is 60.7 Å². The van der Waals surface area contributed by atoms with Crippen LogP contribution >= 0.6 is 0 Å². The number of sulfonamides is 1. The van der Waals surface area contributed by atoms with Gasteiger partial charge in [0.05, 0.1) is 11.9 Å². The van der Waals surface area contributed by atoms with Crippen LogP contribution in [-0.4, -0.2) is 27.1 Å². The van der Waals surface area contributed by atoms with Crippen molar-refractivity contribution in [2.45, 2.75) is 20.4 Å². The van der Waals surface area contributed by atoms with Gasteiger partial charge >= 0.3 is 0 Å². The number of nitrogens with zero attached hydrogens (tertiary/aromatic N) is 1. The lowest BCUT2D eigenvalue weighted by Crippen LogP contribution is -2.40. The molecule has 146 valence electrons. The van der Waals surface area contributed by atoms with Crippen LogP contribution in [0.4, 0.5) is 5.69 Å². The van der Waals surface area contributed by atoms with Gasteiger partial charge in [-0.2, -0.15) is 0 Å². The Morgan fingerprint density at radius 2 is 1.57 bits per heavy atom. The molecule has 0 radical (unpaired) electrons. The normalized spacial score (nSPS) is 11.4. The summed E-state index contributed by atoms with van der Waals surface area (Å²) in [7, 11) is -3.59. The van der Waals surface area contributed by atoms with E-state index in [1.54, 1.807) is 12.1 Å². The van der Waals surface area contributed by atoms with Crippen molar-refractivity contribution in [2.75, 3.05) is 17.1 Å². The zero-order valence-electron chi connectivity index (χ0n) is 16.3. The van der Waals surface area contributed by atoms with E-state index in [2.05, 4.69) is 5.32 Å². The predicted octanol–water partition coefficient (Wildman–Crippen LogP) is 3.54. The molecule has 0 spiro atoms. The Balaban J connectivity index is 1.73. The summed E-state index contributed by atoms with van der Waals surface area (Å²) in [6.07, 6.45) is 1.11. The number of rotatable bonds is 6. The first-order valence-electron chi connectivity index (χ1n) is 9.03. The highest BCUT2D eigenvalue weighted by Crippen LogP contribution is 2.21. The molecule has 3 rings (SSSR count). The van der Waals surface area contributed by atoms with E-state index in [9.17, 15) is 13.2 Å². The van der Waals surface area contributed by atoms with Crippen molar-refractivity contribution in [1.82, 2.24) is 5.32 Å². The van der Waals surface area contributed by atoms with Crippen LogP contribution in [0.3, 0.4) is 0 Å². The van der Waals surface area contributed by atoms with Gasteiger partial charge in [-0.3, -0.25) is 9.10 Å². The number of fused-ring (bicyclic) bond motifs is 1. The van der Waals surface area contributed by atoms with Crippen LogP contribution in [0.25, 0.3) is 10.8 Å². The zero-order valence-corrected chi connectivity index (χ0v) is 17.1. The molecule has 3 aromatic rings. The maximum atomic E-state index is 12.5. The first-order valence-corrected chi connectivity index (χ1v) is 10.9. The summed E-state index contributed by atoms with van der Waals surface area (Å²) in [4.78, 5) is 12.5. The van der Waals surface area contributed by atoms with Crippen LogP contribution in [-0.2, 0) is 21.4 Å². The van der Waals surface area contributed by atoms with Crippen molar-refractivity contribution in [2.24, 2.45) is 0 Å². The lowest BCUT2D eigenvalue weighted by Gasteiger charge is -2.23. The quantitative estimate of drug-likeness (QED) is 0.693. The highest BCUT2D eigenvalue weighted by Gasteiger charge is 2.21. The number of nitrogens with one attached hydrogen (secondary N) is 1. The van der Waals surface area contributed by atoms with Gasteiger partial charge < -0.3 is 5.32 Å². The molecule has 0 atom stereocenters. The molecule has 0 unspecified atom stereocenters. The van der Waals surface area contributed by atoms with Crippen LogP contribution in [0, 0.1) is 13.8 Å². The third-order valence-electron chi connectivity index (χ3n) is 4.49. The minimum Gasteiger partial charge on any atom is -0.350 e. The summed E-state index contributed by atoms with van der Waals surface area (Å²) < 4.78 is 25.7. The average molecular weight is 397 g/mol. The molecule has 0 heterocycles. The molecule has 3 aromatic carbocycles. The first-order chi connectivity index (χ1) is 13.2. The summed E-state index contributed by atoms with van der Waals surface area (Å²) in [5, 5.41) is 5.05. The molecule has 0 saturated heterocycles. The zero-order chi connectivity index (χ0) is 20.3. The van der Waals surface area contributed by atoms with Crippen LogP contribution in [0.1, 0.15) is 16.7 Å². The van der Waals surface area contributed by atoms with Gasteiger partial charge in [0, 0.05) is 6.54 Å². The minimum absolute atomic E-state index is 0.255. The van der Waals surface area contributed by atoms with Gasteiger partial charge in [-0.05, 0) is 59.5 Å². The lowest BCUT2D eigenvalue weighted by atomic mass is 10.1. The molecule has 0 aliphatic carbocycles. The summed E-state index contributed by atoms with van der Waals surface area (Å²) in [6, 6.07) is 19.5. The summed E-state index contributed by atoms with van der Waals surface area (Å²) in [5.41, 5.74) is 3.35. The second-order valence-electron chi connectivity index (χ2n) is 7.07. The third-order valence-corrected chi connectivity index (χ3v) is 5.63. The Hall–Kier alpha value is -2.86. The van der Waals surface area contributed by atoms with Crippen LogP contribution < -0.4 is 9.62 Å². The van der Waals surface area contributed by atoms with Crippen molar-refractivity contribution in [3.63, 3.8) is 0 Å². The van der Waals surface area contributed by atoms with Gasteiger partial charge in [0.1, 0.15) is 6.54 Å². The van der Waals surface area contributed by atoms with Crippen LogP contribution in [0.2, 0.25) is 0 Å². The highest BCUT2D eigenvalue weighted by atomic mass is 32.2. The second kappa shape index (κ2) is 8.02. The second-order valence-corrected chi connectivity index (χ2v) is 8.98. The number of hydrogen-bond donors (Lipinski definition) is 1. The standard InChI is InChI=1S/C22H24N2O3S/c1-16-10-17(2)12-21(11-16)24(28(3,26)27)15-22(25)23-14-18-8-9-19-6-4-5-7-20(19)13-18/h4-13H,14-15H2,1-3H3,(H,23,25). The van der Waals surface area contributed by atoms with E-state index in [4.69, 9.17) is 0 Å². The van der Waals surface area contributed by atoms with Gasteiger partial charge in [0.15, 0.2) is 0 Å². The fraction of sp³-hybridized carbons (Fsp3) is 0.227. The molecule has 1 amide bonds. The average Bonchev–Trinajstić information content (AvgIpc) is 2.62. The molecule has 0 aromatic heterocycles. The Labute approximate surface area is 166 Å². The predicted molar refractivity (Wildman–Crippen MR) is 114 cm³/mol. The summed E-state index contributed by atoms with van der Waals surface area (Å²) >= 11 is 0. The van der Waals surface area contributed by atoms with E-state index in [-0.39, 0.29) is 12.5 Å². The molecule has 0 aliphatic heterocycles. The third kappa shape index (κ3) is 4.89. The van der Waals surface area contributed by atoms with Crippen molar-refractivity contribution < 1.29 is 13.2 Å². The number of anilines is 1. The molecule has 0 saturated carbocycles. The number of hydrogen-bond acceptors (Lipinski definition) is 3. The fourth-order valence-corrected chi connectivity index (χ4v) is 4.07. The van der Waals surface area contributed by atoms with E-state index in [1.165, 1.54) is 0 Å². The SMILES string of the molecule is Cc1cc(C)cc(N(CC(=O)NCc2ccc3ccccc3c2)S(C)(=O)=O)c1. The topological polar surface area (TPSA) is 66.5 Å². The summed E-state index contributed by atoms with van der Waals surface area (Å²) in [6.45, 7) is 3.89. The summed E-state index contributed by atoms with van der Waals surface area (Å²) in [5.74, 6) is -0.349. The Kier molecular flexibility index (Phi) is 5.70. The number of benzene rings is 3. The molecule has 28 heavy (non-hydrogen) atoms. The van der Waals surface area contributed by atoms with Crippen molar-refractivity contribution in [3.8, 4) is 0 Å². The molecule has 0 bridgehead atoms. The van der Waals surface area contributed by atoms with Gasteiger partial charge in [-0.15, -0.1) is 0 Å². The van der Waals surface area contributed by atoms with Crippen molar-refractivity contribution >= 4 is 32.4 Å². The number of aryl methyl sites for hydroxylation is 2. The largest absolute Gasteiger partial charge is 0.350 e. The van der Waals surface area contributed by atoms with E-state index in [0.717, 1.165) is 38.0 Å². The van der Waals surface area contributed by atoms with Crippen molar-refractivity contribution in [3.05, 3.63) is 77.4 Å². The van der Waals surface area contributed by atoms with Crippen molar-refractivity contribution in [1.29, 1.82) is 0 Å². The lowest BCUT2D eigenvalue weighted by molar-refractivity contribution is -0.119. The maximum absolute atomic E-state index is 12.5. The van der Waals surface area contributed by atoms with E-state index in [0.29, 0.717) is 12.2 Å². The smallest absolute Gasteiger partial charge is 0.241 e. The van der Waals surface area contributed by atoms with Gasteiger partial charge in [-0.1, -0.05) is 42.5 Å². The molecule has 0 fully saturated rings. The Morgan fingerprint density at radius 1 is 0.929 bits per heavy atom. The number of carbonyl (C=O) groups excluding carboxylic acids is 1. The number of amides is 1. The molecule has 6 heteroatoms. The molecule has 0 aliphatic rings. The molecule has 1 N–H and O–H groups in total. The molecular formula is C22H24N2O3S. The van der Waals surface area contributed by atoms with Crippen LogP contribution in [0.5, 0.6) is 0 Å². The molecule has 5 nitrogen and oxygen atoms in total. The van der Waals surface area contributed by atoms with E-state index < -0.39 is 10.0 Å². The fourth-order valence-electron chi connectivity index (χ4n) is 3.23. The van der Waals surface area contributed by atoms with Gasteiger partial charge in [0.25, 0.3) is 0 Å². The Morgan fingerprint density at radius 3 is 2.21 bits per heavy atom. The van der Waals surface area contributed by atoms with E-state index >= 15 is 0 Å². The van der Waals surface area contributed by atoms with Gasteiger partial charge in [0.2, 0.25) is 15.9 Å². The number of carbonyl (C=O) groups is 1. The first kappa shape index (κ1) is 19.9. The van der Waals surface area contributed by atoms with Gasteiger partial charge in [-0.25, -0.2) is 8.42 Å².